The largest absolute Gasteiger partial charge is 0.372 e. The molecule has 0 spiro atoms. The minimum atomic E-state index is -0.524. The van der Waals surface area contributed by atoms with Crippen LogP contribution in [0.1, 0.15) is 70.2 Å². The molecule has 0 unspecified atom stereocenters. The van der Waals surface area contributed by atoms with Crippen molar-refractivity contribution < 1.29 is 19.1 Å². The van der Waals surface area contributed by atoms with E-state index in [4.69, 9.17) is 19.4 Å². The van der Waals surface area contributed by atoms with E-state index in [1.807, 2.05) is 41.2 Å². The molecule has 0 radical (unpaired) electrons. The number of carbonyl (C=O) groups is 2. The fourth-order valence-electron chi connectivity index (χ4n) is 7.70. The number of rotatable bonds is 12. The number of H-pyrrole nitrogens is 2. The second-order valence-electron chi connectivity index (χ2n) is 14.7. The lowest BCUT2D eigenvalue weighted by molar-refractivity contribution is -0.334. The van der Waals surface area contributed by atoms with E-state index in [-0.39, 0.29) is 42.7 Å². The van der Waals surface area contributed by atoms with Crippen LogP contribution in [0.15, 0.2) is 85.5 Å². The van der Waals surface area contributed by atoms with E-state index in [0.717, 1.165) is 76.7 Å². The zero-order valence-electron chi connectivity index (χ0n) is 30.9. The second kappa shape index (κ2) is 15.5. The first kappa shape index (κ1) is 35.6. The molecule has 0 aliphatic carbocycles. The van der Waals surface area contributed by atoms with Gasteiger partial charge in [-0.25, -0.2) is 9.97 Å². The molecule has 3 fully saturated rings. The first-order valence-corrected chi connectivity index (χ1v) is 18.9. The van der Waals surface area contributed by atoms with Crippen LogP contribution in [0.25, 0.3) is 33.6 Å². The molecule has 8 rings (SSSR count). The number of ether oxygens (including phenoxy) is 2. The summed E-state index contributed by atoms with van der Waals surface area (Å²) in [6.45, 7) is 7.61. The van der Waals surface area contributed by atoms with E-state index < -0.39 is 12.5 Å². The van der Waals surface area contributed by atoms with E-state index in [0.29, 0.717) is 13.1 Å². The van der Waals surface area contributed by atoms with Gasteiger partial charge >= 0.3 is 0 Å². The molecule has 13 nitrogen and oxygen atoms in total. The van der Waals surface area contributed by atoms with E-state index >= 15 is 0 Å². The van der Waals surface area contributed by atoms with Gasteiger partial charge in [-0.2, -0.15) is 0 Å². The highest BCUT2D eigenvalue weighted by Crippen LogP contribution is 2.35. The van der Waals surface area contributed by atoms with Gasteiger partial charge in [0, 0.05) is 25.5 Å². The average molecular weight is 730 g/mol. The Labute approximate surface area is 314 Å². The van der Waals surface area contributed by atoms with Gasteiger partial charge in [-0.05, 0) is 72.9 Å². The molecule has 2 aromatic carbocycles. The van der Waals surface area contributed by atoms with Gasteiger partial charge in [0.2, 0.25) is 18.2 Å². The number of aromatic nitrogens is 5. The van der Waals surface area contributed by atoms with Crippen LogP contribution >= 0.6 is 0 Å². The van der Waals surface area contributed by atoms with Gasteiger partial charge in [-0.15, -0.1) is 0 Å². The molecule has 4 atom stereocenters. The normalized spacial score (nSPS) is 19.9. The number of likely N-dealkylation sites (tertiary alicyclic amines) is 2. The number of anilines is 1. The Bertz CT molecular complexity index is 2040. The lowest BCUT2D eigenvalue weighted by Gasteiger charge is -2.32. The molecule has 5 aromatic rings. The number of hydrogen-bond donors (Lipinski definition) is 4. The summed E-state index contributed by atoms with van der Waals surface area (Å²) in [5.74, 6) is 1.81. The minimum Gasteiger partial charge on any atom is -0.372 e. The van der Waals surface area contributed by atoms with Gasteiger partial charge in [-0.1, -0.05) is 62.4 Å². The van der Waals surface area contributed by atoms with Crippen molar-refractivity contribution in [3.63, 3.8) is 0 Å². The van der Waals surface area contributed by atoms with Gasteiger partial charge < -0.3 is 34.6 Å². The molecule has 4 N–H and O–H groups in total. The fourth-order valence-corrected chi connectivity index (χ4v) is 7.70. The van der Waals surface area contributed by atoms with Gasteiger partial charge in [0.1, 0.15) is 17.7 Å². The quantitative estimate of drug-likeness (QED) is 0.117. The average Bonchev–Trinajstić information content (AvgIpc) is 4.02. The van der Waals surface area contributed by atoms with Gasteiger partial charge in [0.05, 0.1) is 47.6 Å². The van der Waals surface area contributed by atoms with Crippen molar-refractivity contribution in [1.29, 1.82) is 0 Å². The monoisotopic (exact) mass is 729 g/mol. The van der Waals surface area contributed by atoms with Crippen LogP contribution in [-0.4, -0.2) is 84.9 Å². The molecule has 54 heavy (non-hydrogen) atoms. The number of nitrogens with one attached hydrogen (secondary N) is 4. The van der Waals surface area contributed by atoms with Crippen LogP contribution in [0.3, 0.4) is 0 Å². The molecule has 0 saturated carbocycles. The number of benzene rings is 2. The zero-order valence-corrected chi connectivity index (χ0v) is 30.9. The Morgan fingerprint density at radius 3 is 1.76 bits per heavy atom. The molecular formula is C41H47N9O4. The Hall–Kier alpha value is -5.37. The lowest BCUT2D eigenvalue weighted by Crippen LogP contribution is -2.53. The summed E-state index contributed by atoms with van der Waals surface area (Å²) in [6.07, 6.45) is 10.3. The highest BCUT2D eigenvalue weighted by atomic mass is 16.9. The molecule has 2 amide bonds. The third-order valence-corrected chi connectivity index (χ3v) is 10.7. The fraction of sp³-hybridized carbons (Fsp3) is 0.390. The van der Waals surface area contributed by atoms with Crippen molar-refractivity contribution in [2.24, 2.45) is 5.92 Å². The van der Waals surface area contributed by atoms with Crippen molar-refractivity contribution in [1.82, 2.24) is 40.0 Å². The maximum atomic E-state index is 13.8. The van der Waals surface area contributed by atoms with E-state index in [1.165, 1.54) is 0 Å². The van der Waals surface area contributed by atoms with Crippen LogP contribution in [0.4, 0.5) is 5.69 Å². The van der Waals surface area contributed by atoms with E-state index in [1.54, 1.807) is 12.4 Å². The van der Waals surface area contributed by atoms with Gasteiger partial charge in [0.15, 0.2) is 6.79 Å². The number of nitrogens with zero attached hydrogens (tertiary/aromatic N) is 5. The Balaban J connectivity index is 0.905. The van der Waals surface area contributed by atoms with Gasteiger partial charge in [-0.3, -0.25) is 19.9 Å². The smallest absolute Gasteiger partial charge is 0.245 e. The van der Waals surface area contributed by atoms with Crippen molar-refractivity contribution >= 4 is 17.5 Å². The van der Waals surface area contributed by atoms with E-state index in [2.05, 4.69) is 88.0 Å². The number of hydrogen-bond acceptors (Lipinski definition) is 9. The first-order chi connectivity index (χ1) is 26.3. The Morgan fingerprint density at radius 2 is 1.28 bits per heavy atom. The van der Waals surface area contributed by atoms with Crippen molar-refractivity contribution in [3.05, 3.63) is 97.1 Å². The minimum absolute atomic E-state index is 0.0100. The van der Waals surface area contributed by atoms with E-state index in [9.17, 15) is 9.59 Å². The second-order valence-corrected chi connectivity index (χ2v) is 14.7. The SMILES string of the molecule is CC(C)[C@H](Nc1cccnc1)C(=O)N1CCC[C@H]1c1ncc(-c2ccc(-c3ccc(-c4cnc([C@@H]5CCCN5C(=O)[C@H](C)NC5OCO5)[nH]4)cc3)cc2)[nH]1. The first-order valence-electron chi connectivity index (χ1n) is 18.9. The number of imidazole rings is 2. The van der Waals surface area contributed by atoms with Crippen LogP contribution in [0.2, 0.25) is 0 Å². The number of amides is 2. The standard InChI is InChI=1S/C41H47N9O4/c1-25(2)36(46-31-7-4-18-42-21-31)40(52)50-20-6-9-35(50)38-44-23-33(48-38)30-16-12-28(13-17-30)27-10-14-29(15-11-27)32-22-43-37(47-32)34-8-5-19-49(34)39(51)26(3)45-41-53-24-54-41/h4,7,10-18,21-23,25-26,34-36,41,45-46H,5-6,8-9,19-20,24H2,1-3H3,(H,43,47)(H,44,48)/t26-,34-,35-,36-/m0/s1. The van der Waals surface area contributed by atoms with Crippen LogP contribution in [-0.2, 0) is 19.1 Å². The van der Waals surface area contributed by atoms with Crippen molar-refractivity contribution in [2.45, 2.75) is 77.0 Å². The molecular weight excluding hydrogens is 683 g/mol. The predicted molar refractivity (Wildman–Crippen MR) is 204 cm³/mol. The third kappa shape index (κ3) is 7.39. The van der Waals surface area contributed by atoms with Gasteiger partial charge in [0.25, 0.3) is 0 Å². The molecule has 280 valence electrons. The number of pyridine rings is 1. The topological polar surface area (TPSA) is 153 Å². The summed E-state index contributed by atoms with van der Waals surface area (Å²) in [6, 6.07) is 19.7. The zero-order chi connectivity index (χ0) is 37.2. The maximum Gasteiger partial charge on any atom is 0.245 e. The summed E-state index contributed by atoms with van der Waals surface area (Å²) in [5.41, 5.74) is 6.93. The summed E-state index contributed by atoms with van der Waals surface area (Å²) >= 11 is 0. The molecule has 0 bridgehead atoms. The maximum absolute atomic E-state index is 13.8. The highest BCUT2D eigenvalue weighted by molar-refractivity contribution is 5.85. The number of carbonyl (C=O) groups excluding carboxylic acids is 2. The highest BCUT2D eigenvalue weighted by Gasteiger charge is 2.37. The van der Waals surface area contributed by atoms with Crippen LogP contribution in [0, 0.1) is 5.92 Å². The lowest BCUT2D eigenvalue weighted by atomic mass is 10.0. The molecule has 3 aliphatic heterocycles. The summed E-state index contributed by atoms with van der Waals surface area (Å²) < 4.78 is 10.5. The summed E-state index contributed by atoms with van der Waals surface area (Å²) in [7, 11) is 0. The molecule has 3 aliphatic rings. The Kier molecular flexibility index (Phi) is 10.3. The molecule has 13 heteroatoms. The molecule has 3 aromatic heterocycles. The summed E-state index contributed by atoms with van der Waals surface area (Å²) in [5, 5.41) is 6.47. The number of aromatic amines is 2. The Morgan fingerprint density at radius 1 is 0.741 bits per heavy atom. The third-order valence-electron chi connectivity index (χ3n) is 10.7. The predicted octanol–water partition coefficient (Wildman–Crippen LogP) is 6.26. The molecule has 6 heterocycles. The summed E-state index contributed by atoms with van der Waals surface area (Å²) in [4.78, 5) is 51.6. The van der Waals surface area contributed by atoms with Crippen molar-refractivity contribution in [2.75, 3.05) is 25.2 Å². The van der Waals surface area contributed by atoms with Crippen LogP contribution < -0.4 is 10.6 Å². The van der Waals surface area contributed by atoms with Crippen LogP contribution in [0.5, 0.6) is 0 Å². The molecule has 3 saturated heterocycles. The van der Waals surface area contributed by atoms with Crippen molar-refractivity contribution in [3.8, 4) is 33.6 Å².